The van der Waals surface area contributed by atoms with Gasteiger partial charge in [-0.1, -0.05) is 57.0 Å². The van der Waals surface area contributed by atoms with Crippen molar-refractivity contribution in [3.8, 4) is 0 Å². The standard InChI is InChI=1S/C19H27NO2/c1-14-7-6-10-19(15(14)2)13-20(12-17(19)18(21)22)11-16-8-4-3-5-9-16/h3-5,8-9,14-15,17H,6-7,10-13H2,1-2H3,(H,21,22). The number of likely N-dealkylation sites (tertiary alicyclic amines) is 1. The number of hydrogen-bond acceptors (Lipinski definition) is 2. The lowest BCUT2D eigenvalue weighted by Gasteiger charge is -2.45. The van der Waals surface area contributed by atoms with Crippen LogP contribution in [0.15, 0.2) is 30.3 Å². The Labute approximate surface area is 133 Å². The Balaban J connectivity index is 1.82. The molecule has 3 heteroatoms. The Morgan fingerprint density at radius 1 is 1.32 bits per heavy atom. The summed E-state index contributed by atoms with van der Waals surface area (Å²) in [5, 5.41) is 9.79. The number of aliphatic carboxylic acids is 1. The van der Waals surface area contributed by atoms with E-state index in [0.29, 0.717) is 18.4 Å². The van der Waals surface area contributed by atoms with Crippen molar-refractivity contribution in [2.75, 3.05) is 13.1 Å². The lowest BCUT2D eigenvalue weighted by atomic mass is 9.58. The number of carbonyl (C=O) groups is 1. The topological polar surface area (TPSA) is 40.5 Å². The van der Waals surface area contributed by atoms with Crippen molar-refractivity contribution >= 4 is 5.97 Å². The molecule has 1 aliphatic carbocycles. The first-order valence-electron chi connectivity index (χ1n) is 8.52. The van der Waals surface area contributed by atoms with E-state index in [4.69, 9.17) is 0 Å². The molecular weight excluding hydrogens is 274 g/mol. The number of rotatable bonds is 3. The van der Waals surface area contributed by atoms with Crippen molar-refractivity contribution in [3.05, 3.63) is 35.9 Å². The van der Waals surface area contributed by atoms with Crippen LogP contribution in [0.4, 0.5) is 0 Å². The Hall–Kier alpha value is -1.35. The first-order chi connectivity index (χ1) is 10.5. The van der Waals surface area contributed by atoms with Gasteiger partial charge in [0.25, 0.3) is 0 Å². The van der Waals surface area contributed by atoms with E-state index in [9.17, 15) is 9.90 Å². The summed E-state index contributed by atoms with van der Waals surface area (Å²) in [7, 11) is 0. The molecular formula is C19H27NO2. The minimum Gasteiger partial charge on any atom is -0.481 e. The lowest BCUT2D eigenvalue weighted by Crippen LogP contribution is -2.45. The van der Waals surface area contributed by atoms with Crippen LogP contribution in [0.2, 0.25) is 0 Å². The number of hydrogen-bond donors (Lipinski definition) is 1. The maximum Gasteiger partial charge on any atom is 0.308 e. The molecule has 1 N–H and O–H groups in total. The molecule has 0 bridgehead atoms. The molecule has 1 saturated heterocycles. The van der Waals surface area contributed by atoms with E-state index in [-0.39, 0.29) is 11.3 Å². The second-order valence-electron chi connectivity index (χ2n) is 7.44. The molecule has 120 valence electrons. The van der Waals surface area contributed by atoms with Crippen LogP contribution in [0.5, 0.6) is 0 Å². The van der Waals surface area contributed by atoms with Crippen LogP contribution in [-0.4, -0.2) is 29.1 Å². The Kier molecular flexibility index (Phi) is 4.26. The van der Waals surface area contributed by atoms with Gasteiger partial charge in [0.05, 0.1) is 5.92 Å². The normalized spacial score (nSPS) is 35.8. The van der Waals surface area contributed by atoms with E-state index in [1.807, 2.05) is 6.07 Å². The summed E-state index contributed by atoms with van der Waals surface area (Å²) in [6, 6.07) is 10.4. The second-order valence-corrected chi connectivity index (χ2v) is 7.44. The zero-order chi connectivity index (χ0) is 15.7. The average molecular weight is 301 g/mol. The maximum atomic E-state index is 11.9. The van der Waals surface area contributed by atoms with Gasteiger partial charge in [-0.25, -0.2) is 0 Å². The first kappa shape index (κ1) is 15.5. The van der Waals surface area contributed by atoms with Crippen LogP contribution >= 0.6 is 0 Å². The number of carboxylic acids is 1. The summed E-state index contributed by atoms with van der Waals surface area (Å²) < 4.78 is 0. The van der Waals surface area contributed by atoms with Crippen molar-refractivity contribution in [3.63, 3.8) is 0 Å². The molecule has 1 aromatic carbocycles. The molecule has 3 rings (SSSR count). The van der Waals surface area contributed by atoms with Gasteiger partial charge in [-0.2, -0.15) is 0 Å². The van der Waals surface area contributed by atoms with Gasteiger partial charge in [-0.15, -0.1) is 0 Å². The van der Waals surface area contributed by atoms with E-state index >= 15 is 0 Å². The molecule has 22 heavy (non-hydrogen) atoms. The van der Waals surface area contributed by atoms with Gasteiger partial charge < -0.3 is 5.11 Å². The highest BCUT2D eigenvalue weighted by molar-refractivity contribution is 5.72. The predicted octanol–water partition coefficient (Wildman–Crippen LogP) is 3.65. The summed E-state index contributed by atoms with van der Waals surface area (Å²) in [6.07, 6.45) is 3.49. The molecule has 0 aromatic heterocycles. The highest BCUT2D eigenvalue weighted by atomic mass is 16.4. The smallest absolute Gasteiger partial charge is 0.308 e. The molecule has 4 atom stereocenters. The molecule has 3 nitrogen and oxygen atoms in total. The zero-order valence-electron chi connectivity index (χ0n) is 13.7. The Morgan fingerprint density at radius 2 is 2.05 bits per heavy atom. The van der Waals surface area contributed by atoms with Gasteiger partial charge in [-0.3, -0.25) is 9.69 Å². The molecule has 2 fully saturated rings. The Bertz CT molecular complexity index is 529. The van der Waals surface area contributed by atoms with E-state index in [1.54, 1.807) is 0 Å². The van der Waals surface area contributed by atoms with Crippen molar-refractivity contribution in [1.29, 1.82) is 0 Å². The summed E-state index contributed by atoms with van der Waals surface area (Å²) >= 11 is 0. The molecule has 1 aromatic rings. The van der Waals surface area contributed by atoms with E-state index in [1.165, 1.54) is 18.4 Å². The largest absolute Gasteiger partial charge is 0.481 e. The van der Waals surface area contributed by atoms with Crippen LogP contribution in [0, 0.1) is 23.2 Å². The summed E-state index contributed by atoms with van der Waals surface area (Å²) in [5.74, 6) is 0.306. The fourth-order valence-corrected chi connectivity index (χ4v) is 4.83. The lowest BCUT2D eigenvalue weighted by molar-refractivity contribution is -0.147. The molecule has 4 unspecified atom stereocenters. The highest BCUT2D eigenvalue weighted by Crippen LogP contribution is 2.53. The Morgan fingerprint density at radius 3 is 2.73 bits per heavy atom. The van der Waals surface area contributed by atoms with Crippen molar-refractivity contribution in [1.82, 2.24) is 4.90 Å². The molecule has 0 amide bonds. The maximum absolute atomic E-state index is 11.9. The SMILES string of the molecule is CC1CCCC2(CN(Cc3ccccc3)CC2C(=O)O)C1C. The number of carboxylic acid groups (broad SMARTS) is 1. The molecule has 1 heterocycles. The molecule has 1 saturated carbocycles. The van der Waals surface area contributed by atoms with Gasteiger partial charge in [-0.05, 0) is 23.8 Å². The van der Waals surface area contributed by atoms with Gasteiger partial charge in [0.15, 0.2) is 0 Å². The van der Waals surface area contributed by atoms with Crippen molar-refractivity contribution < 1.29 is 9.90 Å². The van der Waals surface area contributed by atoms with Crippen molar-refractivity contribution in [2.45, 2.75) is 39.7 Å². The second kappa shape index (κ2) is 6.04. The van der Waals surface area contributed by atoms with E-state index < -0.39 is 5.97 Å². The van der Waals surface area contributed by atoms with Crippen LogP contribution < -0.4 is 0 Å². The van der Waals surface area contributed by atoms with Crippen molar-refractivity contribution in [2.24, 2.45) is 23.2 Å². The minimum atomic E-state index is -0.600. The van der Waals surface area contributed by atoms with Gasteiger partial charge in [0.1, 0.15) is 0 Å². The third-order valence-corrected chi connectivity index (χ3v) is 6.26. The van der Waals surface area contributed by atoms with Gasteiger partial charge >= 0.3 is 5.97 Å². The summed E-state index contributed by atoms with van der Waals surface area (Å²) in [5.41, 5.74) is 1.25. The molecule has 0 radical (unpaired) electrons. The third-order valence-electron chi connectivity index (χ3n) is 6.26. The molecule has 1 spiro atoms. The van der Waals surface area contributed by atoms with Crippen LogP contribution in [0.1, 0.15) is 38.7 Å². The average Bonchev–Trinajstić information content (AvgIpc) is 2.85. The molecule has 2 aliphatic rings. The van der Waals surface area contributed by atoms with Crippen LogP contribution in [-0.2, 0) is 11.3 Å². The summed E-state index contributed by atoms with van der Waals surface area (Å²) in [6.45, 7) is 7.08. The third kappa shape index (κ3) is 2.67. The first-order valence-corrected chi connectivity index (χ1v) is 8.52. The predicted molar refractivity (Wildman–Crippen MR) is 87.5 cm³/mol. The molecule has 1 aliphatic heterocycles. The zero-order valence-corrected chi connectivity index (χ0v) is 13.7. The fourth-order valence-electron chi connectivity index (χ4n) is 4.83. The fraction of sp³-hybridized carbons (Fsp3) is 0.632. The van der Waals surface area contributed by atoms with E-state index in [2.05, 4.69) is 43.0 Å². The van der Waals surface area contributed by atoms with Crippen LogP contribution in [0.25, 0.3) is 0 Å². The number of benzene rings is 1. The highest BCUT2D eigenvalue weighted by Gasteiger charge is 2.55. The monoisotopic (exact) mass is 301 g/mol. The minimum absolute atomic E-state index is 0.0295. The van der Waals surface area contributed by atoms with E-state index in [0.717, 1.165) is 19.5 Å². The summed E-state index contributed by atoms with van der Waals surface area (Å²) in [4.78, 5) is 14.3. The van der Waals surface area contributed by atoms with Crippen LogP contribution in [0.3, 0.4) is 0 Å². The number of nitrogens with zero attached hydrogens (tertiary/aromatic N) is 1. The van der Waals surface area contributed by atoms with Gasteiger partial charge in [0, 0.05) is 25.0 Å². The van der Waals surface area contributed by atoms with Gasteiger partial charge in [0.2, 0.25) is 0 Å². The quantitative estimate of drug-likeness (QED) is 0.926.